The van der Waals surface area contributed by atoms with Crippen LogP contribution in [0.4, 0.5) is 0 Å². The molecule has 3 rings (SSSR count). The second-order valence-electron chi connectivity index (χ2n) is 5.27. The lowest BCUT2D eigenvalue weighted by Crippen LogP contribution is -2.06. The number of rotatable bonds is 3. The smallest absolute Gasteiger partial charge is 0.194 e. The fourth-order valence-corrected chi connectivity index (χ4v) is 3.90. The lowest BCUT2D eigenvalue weighted by molar-refractivity contribution is 0.898. The molecule has 0 atom stereocenters. The Balaban J connectivity index is 2.30. The van der Waals surface area contributed by atoms with Gasteiger partial charge in [0.25, 0.3) is 0 Å². The summed E-state index contributed by atoms with van der Waals surface area (Å²) in [5.74, 6) is 0. The van der Waals surface area contributed by atoms with E-state index in [9.17, 15) is 0 Å². The first-order valence-electron chi connectivity index (χ1n) is 6.97. The molecule has 110 valence electrons. The molecule has 0 aliphatic carbocycles. The Kier molecular flexibility index (Phi) is 3.78. The minimum absolute atomic E-state index is 0.628. The van der Waals surface area contributed by atoms with Crippen molar-refractivity contribution in [2.24, 2.45) is 5.73 Å². The van der Waals surface area contributed by atoms with Crippen molar-refractivity contribution in [3.63, 3.8) is 0 Å². The molecule has 3 aromatic rings. The van der Waals surface area contributed by atoms with Crippen LogP contribution in [-0.4, -0.2) is 15.9 Å². The molecule has 0 fully saturated rings. The van der Waals surface area contributed by atoms with Crippen LogP contribution >= 0.6 is 22.9 Å². The zero-order chi connectivity index (χ0) is 15.1. The van der Waals surface area contributed by atoms with Crippen LogP contribution in [0, 0.1) is 20.8 Å². The Morgan fingerprint density at radius 1 is 1.29 bits per heavy atom. The molecule has 0 saturated heterocycles. The molecule has 2 aromatic heterocycles. The number of fused-ring (bicyclic) bond motifs is 1. The van der Waals surface area contributed by atoms with Gasteiger partial charge in [-0.25, -0.2) is 4.98 Å². The van der Waals surface area contributed by atoms with Gasteiger partial charge >= 0.3 is 0 Å². The third-order valence-electron chi connectivity index (χ3n) is 3.76. The molecule has 0 amide bonds. The first kappa shape index (κ1) is 14.6. The zero-order valence-electron chi connectivity index (χ0n) is 12.4. The van der Waals surface area contributed by atoms with Crippen LogP contribution in [-0.2, 0) is 6.42 Å². The summed E-state index contributed by atoms with van der Waals surface area (Å²) in [6.45, 7) is 6.85. The van der Waals surface area contributed by atoms with Crippen molar-refractivity contribution in [3.8, 4) is 11.3 Å². The van der Waals surface area contributed by atoms with Gasteiger partial charge in [0.05, 0.1) is 11.4 Å². The van der Waals surface area contributed by atoms with Gasteiger partial charge in [-0.05, 0) is 45.0 Å². The molecule has 0 saturated carbocycles. The Bertz CT molecular complexity index is 817. The molecule has 21 heavy (non-hydrogen) atoms. The van der Waals surface area contributed by atoms with E-state index >= 15 is 0 Å². The first-order valence-corrected chi connectivity index (χ1v) is 8.16. The summed E-state index contributed by atoms with van der Waals surface area (Å²) in [7, 11) is 0. The minimum atomic E-state index is 0.628. The van der Waals surface area contributed by atoms with Crippen molar-refractivity contribution in [2.75, 3.05) is 6.54 Å². The normalized spacial score (nSPS) is 11.5. The molecule has 0 unspecified atom stereocenters. The van der Waals surface area contributed by atoms with Gasteiger partial charge in [-0.1, -0.05) is 17.7 Å². The molecule has 0 aliphatic heterocycles. The van der Waals surface area contributed by atoms with E-state index in [-0.39, 0.29) is 0 Å². The maximum atomic E-state index is 6.15. The molecule has 0 aliphatic rings. The predicted molar refractivity (Wildman–Crippen MR) is 90.5 cm³/mol. The number of nitrogens with two attached hydrogens (primary N) is 1. The maximum absolute atomic E-state index is 6.15. The van der Waals surface area contributed by atoms with Crippen LogP contribution in [0.15, 0.2) is 18.2 Å². The van der Waals surface area contributed by atoms with E-state index < -0.39 is 0 Å². The molecular weight excluding hydrogens is 302 g/mol. The summed E-state index contributed by atoms with van der Waals surface area (Å²) in [6.07, 6.45) is 0.836. The van der Waals surface area contributed by atoms with Crippen molar-refractivity contribution < 1.29 is 0 Å². The van der Waals surface area contributed by atoms with Gasteiger partial charge in [0, 0.05) is 27.6 Å². The summed E-state index contributed by atoms with van der Waals surface area (Å²) >= 11 is 7.87. The average Bonchev–Trinajstić information content (AvgIpc) is 2.89. The van der Waals surface area contributed by atoms with E-state index in [0.717, 1.165) is 27.7 Å². The Morgan fingerprint density at radius 2 is 2.05 bits per heavy atom. The first-order chi connectivity index (χ1) is 10.0. The minimum Gasteiger partial charge on any atom is -0.330 e. The number of thiazole rings is 1. The third-order valence-corrected chi connectivity index (χ3v) is 5.14. The van der Waals surface area contributed by atoms with Gasteiger partial charge in [-0.3, -0.25) is 4.40 Å². The van der Waals surface area contributed by atoms with Crippen molar-refractivity contribution in [3.05, 3.63) is 45.1 Å². The fourth-order valence-electron chi connectivity index (χ4n) is 2.73. The summed E-state index contributed by atoms with van der Waals surface area (Å²) in [5.41, 5.74) is 11.5. The summed E-state index contributed by atoms with van der Waals surface area (Å²) in [5, 5.41) is 0.798. The van der Waals surface area contributed by atoms with E-state index in [1.54, 1.807) is 11.3 Å². The second-order valence-corrected chi connectivity index (χ2v) is 6.86. The van der Waals surface area contributed by atoms with Crippen LogP contribution < -0.4 is 5.73 Å². The Hall–Kier alpha value is -1.36. The number of nitrogens with zero attached hydrogens (tertiary/aromatic N) is 2. The van der Waals surface area contributed by atoms with Crippen molar-refractivity contribution in [2.45, 2.75) is 27.2 Å². The number of halogens is 1. The van der Waals surface area contributed by atoms with Crippen molar-refractivity contribution in [1.29, 1.82) is 0 Å². The molecule has 0 bridgehead atoms. The number of imidazole rings is 1. The zero-order valence-corrected chi connectivity index (χ0v) is 14.0. The summed E-state index contributed by atoms with van der Waals surface area (Å²) in [4.78, 5) is 6.98. The lowest BCUT2D eigenvalue weighted by Gasteiger charge is -2.08. The van der Waals surface area contributed by atoms with Crippen molar-refractivity contribution >= 4 is 27.9 Å². The van der Waals surface area contributed by atoms with Crippen LogP contribution in [0.5, 0.6) is 0 Å². The highest BCUT2D eigenvalue weighted by molar-refractivity contribution is 7.17. The number of aryl methyl sites for hydroxylation is 3. The molecule has 2 N–H and O–H groups in total. The SMILES string of the molecule is Cc1cc(-c2c(C)sc3nc(C)c(CCN)n23)ccc1Cl. The van der Waals surface area contributed by atoms with Gasteiger partial charge < -0.3 is 5.73 Å². The standard InChI is InChI=1S/C16H18ClN3S/c1-9-8-12(4-5-13(9)17)15-11(3)21-16-19-10(2)14(6-7-18)20(15)16/h4-5,8H,6-7,18H2,1-3H3. The lowest BCUT2D eigenvalue weighted by atomic mass is 10.1. The highest BCUT2D eigenvalue weighted by atomic mass is 35.5. The van der Waals surface area contributed by atoms with Gasteiger partial charge in [0.15, 0.2) is 4.96 Å². The van der Waals surface area contributed by atoms with E-state index in [2.05, 4.69) is 35.4 Å². The monoisotopic (exact) mass is 319 g/mol. The number of aromatic nitrogens is 2. The van der Waals surface area contributed by atoms with E-state index in [1.165, 1.54) is 21.8 Å². The van der Waals surface area contributed by atoms with Crippen LogP contribution in [0.2, 0.25) is 5.02 Å². The number of benzene rings is 1. The number of hydrogen-bond donors (Lipinski definition) is 1. The Labute approximate surface area is 133 Å². The second kappa shape index (κ2) is 5.44. The molecule has 2 heterocycles. The summed E-state index contributed by atoms with van der Waals surface area (Å²) in [6, 6.07) is 6.17. The molecule has 3 nitrogen and oxygen atoms in total. The Morgan fingerprint density at radius 3 is 2.71 bits per heavy atom. The van der Waals surface area contributed by atoms with E-state index in [4.69, 9.17) is 17.3 Å². The highest BCUT2D eigenvalue weighted by Crippen LogP contribution is 2.34. The van der Waals surface area contributed by atoms with Crippen LogP contribution in [0.25, 0.3) is 16.2 Å². The quantitative estimate of drug-likeness (QED) is 0.788. The summed E-state index contributed by atoms with van der Waals surface area (Å²) < 4.78 is 2.25. The highest BCUT2D eigenvalue weighted by Gasteiger charge is 2.18. The topological polar surface area (TPSA) is 43.3 Å². The van der Waals surface area contributed by atoms with E-state index in [0.29, 0.717) is 6.54 Å². The van der Waals surface area contributed by atoms with Gasteiger partial charge in [0.2, 0.25) is 0 Å². The molecule has 0 spiro atoms. The van der Waals surface area contributed by atoms with Gasteiger partial charge in [-0.2, -0.15) is 0 Å². The maximum Gasteiger partial charge on any atom is 0.194 e. The molecule has 1 aromatic carbocycles. The largest absolute Gasteiger partial charge is 0.330 e. The predicted octanol–water partition coefficient (Wildman–Crippen LogP) is 4.14. The molecular formula is C16H18ClN3S. The third kappa shape index (κ3) is 2.37. The van der Waals surface area contributed by atoms with E-state index in [1.807, 2.05) is 13.0 Å². The van der Waals surface area contributed by atoms with Crippen LogP contribution in [0.3, 0.4) is 0 Å². The number of hydrogen-bond acceptors (Lipinski definition) is 3. The average molecular weight is 320 g/mol. The van der Waals surface area contributed by atoms with Crippen molar-refractivity contribution in [1.82, 2.24) is 9.38 Å². The van der Waals surface area contributed by atoms with Gasteiger partial charge in [-0.15, -0.1) is 11.3 Å². The van der Waals surface area contributed by atoms with Crippen LogP contribution in [0.1, 0.15) is 21.8 Å². The fraction of sp³-hybridized carbons (Fsp3) is 0.312. The van der Waals surface area contributed by atoms with Gasteiger partial charge in [0.1, 0.15) is 0 Å². The molecule has 0 radical (unpaired) electrons. The molecule has 5 heteroatoms.